The van der Waals surface area contributed by atoms with Crippen LogP contribution >= 0.6 is 0 Å². The number of methoxy groups -OCH3 is 1. The second kappa shape index (κ2) is 10.8. The number of nitrogens with zero attached hydrogens (tertiary/aromatic N) is 5. The van der Waals surface area contributed by atoms with E-state index in [2.05, 4.69) is 19.8 Å². The number of hydrogen-bond acceptors (Lipinski definition) is 7. The number of piperazine rings is 1. The molecule has 4 aromatic rings. The predicted molar refractivity (Wildman–Crippen MR) is 143 cm³/mol. The van der Waals surface area contributed by atoms with Crippen LogP contribution in [0, 0.1) is 6.92 Å². The van der Waals surface area contributed by atoms with Gasteiger partial charge in [0.1, 0.15) is 17.3 Å². The molecule has 1 N–H and O–H groups in total. The summed E-state index contributed by atoms with van der Waals surface area (Å²) in [6.07, 6.45) is 3.53. The van der Waals surface area contributed by atoms with E-state index in [1.165, 1.54) is 0 Å². The largest absolute Gasteiger partial charge is 0.507 e. The van der Waals surface area contributed by atoms with Crippen LogP contribution < -0.4 is 15.2 Å². The second-order valence-corrected chi connectivity index (χ2v) is 9.19. The number of pyridine rings is 3. The van der Waals surface area contributed by atoms with Crippen LogP contribution in [0.4, 0.5) is 5.82 Å². The number of ether oxygens (including phenoxy) is 1. The molecule has 37 heavy (non-hydrogen) atoms. The number of anilines is 1. The summed E-state index contributed by atoms with van der Waals surface area (Å²) in [5.74, 6) is 1.70. The average molecular weight is 498 g/mol. The third-order valence-corrected chi connectivity index (χ3v) is 6.92. The summed E-state index contributed by atoms with van der Waals surface area (Å²) in [5.41, 5.74) is 2.55. The maximum absolute atomic E-state index is 14.0. The molecule has 0 amide bonds. The van der Waals surface area contributed by atoms with Crippen molar-refractivity contribution in [1.29, 1.82) is 0 Å². The number of benzene rings is 1. The molecule has 0 radical (unpaired) electrons. The standard InChI is InChI=1S/C29H31N5O3/c1-21-19-25(35)27(29(36)34(21)20-22-9-11-23(37-2)12-10-22)28(24-7-3-5-13-30-24)33-17-15-32(16-18-33)26-8-4-6-14-31-26/h3-14,19,28,35H,15-18,20H2,1-2H3. The third kappa shape index (κ3) is 5.20. The molecule has 1 unspecified atom stereocenters. The molecule has 0 bridgehead atoms. The fraction of sp³-hybridized carbons (Fsp3) is 0.276. The van der Waals surface area contributed by atoms with Crippen LogP contribution in [0.2, 0.25) is 0 Å². The van der Waals surface area contributed by atoms with Crippen molar-refractivity contribution in [2.75, 3.05) is 38.2 Å². The lowest BCUT2D eigenvalue weighted by atomic mass is 9.99. The lowest BCUT2D eigenvalue weighted by Gasteiger charge is -2.39. The highest BCUT2D eigenvalue weighted by Crippen LogP contribution is 2.32. The Hall–Kier alpha value is -4.17. The van der Waals surface area contributed by atoms with Gasteiger partial charge in [0.15, 0.2) is 0 Å². The summed E-state index contributed by atoms with van der Waals surface area (Å²) in [7, 11) is 1.63. The first kappa shape index (κ1) is 24.5. The van der Waals surface area contributed by atoms with Gasteiger partial charge in [-0.15, -0.1) is 0 Å². The summed E-state index contributed by atoms with van der Waals surface area (Å²) < 4.78 is 6.98. The van der Waals surface area contributed by atoms with Crippen molar-refractivity contribution in [1.82, 2.24) is 19.4 Å². The van der Waals surface area contributed by atoms with E-state index in [1.54, 1.807) is 30.1 Å². The molecule has 4 heterocycles. The zero-order chi connectivity index (χ0) is 25.8. The lowest BCUT2D eigenvalue weighted by Crippen LogP contribution is -2.49. The van der Waals surface area contributed by atoms with Gasteiger partial charge in [0.2, 0.25) is 0 Å². The molecule has 1 aliphatic heterocycles. The molecule has 0 saturated carbocycles. The second-order valence-electron chi connectivity index (χ2n) is 9.19. The van der Waals surface area contributed by atoms with Crippen LogP contribution in [0.25, 0.3) is 0 Å². The quantitative estimate of drug-likeness (QED) is 0.418. The molecule has 190 valence electrons. The van der Waals surface area contributed by atoms with E-state index in [0.29, 0.717) is 30.9 Å². The Balaban J connectivity index is 1.50. The van der Waals surface area contributed by atoms with Gasteiger partial charge in [0.05, 0.1) is 31.0 Å². The molecule has 1 aromatic carbocycles. The highest BCUT2D eigenvalue weighted by molar-refractivity contribution is 5.41. The normalized spacial score (nSPS) is 14.9. The molecule has 1 aliphatic rings. The first-order chi connectivity index (χ1) is 18.0. The van der Waals surface area contributed by atoms with Crippen LogP contribution in [-0.4, -0.2) is 57.8 Å². The Kier molecular flexibility index (Phi) is 7.18. The van der Waals surface area contributed by atoms with Crippen LogP contribution in [0.5, 0.6) is 11.5 Å². The van der Waals surface area contributed by atoms with Gasteiger partial charge in [0, 0.05) is 44.3 Å². The maximum Gasteiger partial charge on any atom is 0.260 e. The van der Waals surface area contributed by atoms with E-state index in [4.69, 9.17) is 4.74 Å². The van der Waals surface area contributed by atoms with E-state index >= 15 is 0 Å². The van der Waals surface area contributed by atoms with Crippen molar-refractivity contribution in [3.63, 3.8) is 0 Å². The highest BCUT2D eigenvalue weighted by atomic mass is 16.5. The summed E-state index contributed by atoms with van der Waals surface area (Å²) in [6, 6.07) is 20.5. The van der Waals surface area contributed by atoms with Gasteiger partial charge in [-0.3, -0.25) is 14.7 Å². The van der Waals surface area contributed by atoms with Gasteiger partial charge in [-0.1, -0.05) is 24.3 Å². The SMILES string of the molecule is COc1ccc(Cn2c(C)cc(O)c(C(c3ccccn3)N3CCN(c4ccccn4)CC3)c2=O)cc1. The van der Waals surface area contributed by atoms with Crippen LogP contribution in [0.3, 0.4) is 0 Å². The lowest BCUT2D eigenvalue weighted by molar-refractivity contribution is 0.204. The molecule has 1 atom stereocenters. The molecule has 5 rings (SSSR count). The van der Waals surface area contributed by atoms with Crippen molar-refractivity contribution in [2.45, 2.75) is 19.5 Å². The minimum Gasteiger partial charge on any atom is -0.507 e. The molecule has 3 aromatic heterocycles. The zero-order valence-corrected chi connectivity index (χ0v) is 21.1. The highest BCUT2D eigenvalue weighted by Gasteiger charge is 2.32. The monoisotopic (exact) mass is 497 g/mol. The molecular weight excluding hydrogens is 466 g/mol. The number of rotatable bonds is 7. The smallest absolute Gasteiger partial charge is 0.260 e. The third-order valence-electron chi connectivity index (χ3n) is 6.92. The van der Waals surface area contributed by atoms with Crippen molar-refractivity contribution in [3.8, 4) is 11.5 Å². The van der Waals surface area contributed by atoms with Crippen molar-refractivity contribution in [2.24, 2.45) is 0 Å². The fourth-order valence-corrected chi connectivity index (χ4v) is 4.94. The first-order valence-electron chi connectivity index (χ1n) is 12.4. The molecule has 8 heteroatoms. The zero-order valence-electron chi connectivity index (χ0n) is 21.1. The minimum absolute atomic E-state index is 0.00344. The Bertz CT molecular complexity index is 1380. The van der Waals surface area contributed by atoms with Crippen molar-refractivity contribution < 1.29 is 9.84 Å². The summed E-state index contributed by atoms with van der Waals surface area (Å²) in [6.45, 7) is 5.15. The summed E-state index contributed by atoms with van der Waals surface area (Å²) >= 11 is 0. The molecule has 8 nitrogen and oxygen atoms in total. The molecule has 0 spiro atoms. The van der Waals surface area contributed by atoms with Crippen LogP contribution in [-0.2, 0) is 6.54 Å². The number of aromatic hydroxyl groups is 1. The first-order valence-corrected chi connectivity index (χ1v) is 12.4. The van der Waals surface area contributed by atoms with Gasteiger partial charge in [0.25, 0.3) is 5.56 Å². The molecular formula is C29H31N5O3. The fourth-order valence-electron chi connectivity index (χ4n) is 4.94. The Morgan fingerprint density at radius 1 is 0.946 bits per heavy atom. The number of hydrogen-bond donors (Lipinski definition) is 1. The Morgan fingerprint density at radius 3 is 2.27 bits per heavy atom. The van der Waals surface area contributed by atoms with E-state index < -0.39 is 6.04 Å². The van der Waals surface area contributed by atoms with E-state index in [-0.39, 0.29) is 11.3 Å². The van der Waals surface area contributed by atoms with E-state index in [1.807, 2.05) is 67.6 Å². The van der Waals surface area contributed by atoms with Crippen molar-refractivity contribution in [3.05, 3.63) is 112 Å². The number of aryl methyl sites for hydroxylation is 1. The van der Waals surface area contributed by atoms with E-state index in [9.17, 15) is 9.90 Å². The molecule has 1 fully saturated rings. The number of aromatic nitrogens is 3. The summed E-state index contributed by atoms with van der Waals surface area (Å²) in [5, 5.41) is 11.1. The maximum atomic E-state index is 14.0. The average Bonchev–Trinajstić information content (AvgIpc) is 2.95. The Morgan fingerprint density at radius 2 is 1.65 bits per heavy atom. The predicted octanol–water partition coefficient (Wildman–Crippen LogP) is 3.62. The molecule has 0 aliphatic carbocycles. The van der Waals surface area contributed by atoms with Gasteiger partial charge in [-0.25, -0.2) is 4.98 Å². The Labute approximate surface area is 216 Å². The summed E-state index contributed by atoms with van der Waals surface area (Å²) in [4.78, 5) is 27.5. The van der Waals surface area contributed by atoms with Crippen LogP contribution in [0.15, 0.2) is 83.9 Å². The van der Waals surface area contributed by atoms with Crippen molar-refractivity contribution >= 4 is 5.82 Å². The van der Waals surface area contributed by atoms with Crippen LogP contribution in [0.1, 0.15) is 28.6 Å². The van der Waals surface area contributed by atoms with Gasteiger partial charge in [-0.05, 0) is 55.0 Å². The van der Waals surface area contributed by atoms with E-state index in [0.717, 1.165) is 35.9 Å². The topological polar surface area (TPSA) is 83.7 Å². The van der Waals surface area contributed by atoms with Gasteiger partial charge < -0.3 is 19.3 Å². The molecule has 1 saturated heterocycles. The minimum atomic E-state index is -0.470. The van der Waals surface area contributed by atoms with Gasteiger partial charge >= 0.3 is 0 Å². The van der Waals surface area contributed by atoms with Gasteiger partial charge in [-0.2, -0.15) is 0 Å².